The molecule has 7 heteroatoms. The Labute approximate surface area is 94.3 Å². The molecule has 0 aliphatic heterocycles. The Hall–Kier alpha value is -1.63. The predicted molar refractivity (Wildman–Crippen MR) is 60.7 cm³/mol. The van der Waals surface area contributed by atoms with E-state index in [1.807, 2.05) is 6.92 Å². The summed E-state index contributed by atoms with van der Waals surface area (Å²) in [6, 6.07) is 0.249. The Balaban J connectivity index is 2.71. The van der Waals surface area contributed by atoms with Gasteiger partial charge >= 0.3 is 6.01 Å². The average molecular weight is 227 g/mol. The molecule has 0 amide bonds. The van der Waals surface area contributed by atoms with Crippen LogP contribution in [0.2, 0.25) is 0 Å². The van der Waals surface area contributed by atoms with Crippen LogP contribution >= 0.6 is 0 Å². The Morgan fingerprint density at radius 3 is 2.56 bits per heavy atom. The molecule has 0 fully saturated rings. The molecule has 0 spiro atoms. The molecule has 1 aromatic rings. The average Bonchev–Trinajstić information content (AvgIpc) is 2.35. The predicted octanol–water partition coefficient (Wildman–Crippen LogP) is -0.0378. The van der Waals surface area contributed by atoms with Gasteiger partial charge < -0.3 is 20.5 Å². The number of hydrogen-bond donors (Lipinski definition) is 3. The minimum atomic E-state index is 0.119. The molecular formula is C9H17N5O2. The summed E-state index contributed by atoms with van der Waals surface area (Å²) in [4.78, 5) is 12.1. The zero-order valence-corrected chi connectivity index (χ0v) is 9.69. The van der Waals surface area contributed by atoms with Crippen LogP contribution in [0.4, 0.5) is 11.9 Å². The third-order valence-corrected chi connectivity index (χ3v) is 1.94. The van der Waals surface area contributed by atoms with Crippen LogP contribution < -0.4 is 15.4 Å². The molecule has 7 nitrogen and oxygen atoms in total. The third kappa shape index (κ3) is 3.50. The highest BCUT2D eigenvalue weighted by Crippen LogP contribution is 2.10. The van der Waals surface area contributed by atoms with Crippen molar-refractivity contribution in [2.75, 3.05) is 37.9 Å². The van der Waals surface area contributed by atoms with E-state index in [0.717, 1.165) is 0 Å². The summed E-state index contributed by atoms with van der Waals surface area (Å²) >= 11 is 0. The maximum atomic E-state index is 8.88. The van der Waals surface area contributed by atoms with E-state index in [2.05, 4.69) is 25.6 Å². The second-order valence-corrected chi connectivity index (χ2v) is 3.39. The van der Waals surface area contributed by atoms with Crippen molar-refractivity contribution >= 4 is 11.9 Å². The number of anilines is 2. The fraction of sp³-hybridized carbons (Fsp3) is 0.667. The van der Waals surface area contributed by atoms with Gasteiger partial charge in [-0.3, -0.25) is 0 Å². The van der Waals surface area contributed by atoms with E-state index in [9.17, 15) is 0 Å². The largest absolute Gasteiger partial charge is 0.467 e. The van der Waals surface area contributed by atoms with E-state index in [0.29, 0.717) is 18.4 Å². The molecule has 0 aromatic carbocycles. The summed E-state index contributed by atoms with van der Waals surface area (Å²) in [6.45, 7) is 2.63. The van der Waals surface area contributed by atoms with Crippen LogP contribution in [0, 0.1) is 5.92 Å². The molecule has 0 aliphatic rings. The summed E-state index contributed by atoms with van der Waals surface area (Å²) < 4.78 is 4.94. The zero-order chi connectivity index (χ0) is 12.0. The van der Waals surface area contributed by atoms with Gasteiger partial charge in [-0.2, -0.15) is 15.0 Å². The molecule has 0 bridgehead atoms. The smallest absolute Gasteiger partial charge is 0.322 e. The van der Waals surface area contributed by atoms with Crippen molar-refractivity contribution in [3.05, 3.63) is 0 Å². The number of hydrogen-bond acceptors (Lipinski definition) is 7. The SMILES string of the molecule is CNc1nc(NCC(C)CO)nc(OC)n1. The van der Waals surface area contributed by atoms with Gasteiger partial charge in [0.15, 0.2) is 0 Å². The fourth-order valence-electron chi connectivity index (χ4n) is 0.969. The van der Waals surface area contributed by atoms with Crippen LogP contribution in [0.25, 0.3) is 0 Å². The van der Waals surface area contributed by atoms with Crippen LogP contribution in [0.1, 0.15) is 6.92 Å². The lowest BCUT2D eigenvalue weighted by Crippen LogP contribution is -2.17. The van der Waals surface area contributed by atoms with Gasteiger partial charge in [-0.05, 0) is 5.92 Å². The van der Waals surface area contributed by atoms with E-state index in [1.165, 1.54) is 7.11 Å². The lowest BCUT2D eigenvalue weighted by molar-refractivity contribution is 0.244. The Morgan fingerprint density at radius 1 is 1.31 bits per heavy atom. The first-order valence-electron chi connectivity index (χ1n) is 5.02. The molecule has 0 saturated carbocycles. The van der Waals surface area contributed by atoms with Crippen molar-refractivity contribution in [1.29, 1.82) is 0 Å². The molecule has 1 aromatic heterocycles. The monoisotopic (exact) mass is 227 g/mol. The molecular weight excluding hydrogens is 210 g/mol. The molecule has 0 radical (unpaired) electrons. The summed E-state index contributed by atoms with van der Waals surface area (Å²) in [7, 11) is 3.21. The lowest BCUT2D eigenvalue weighted by Gasteiger charge is -2.10. The summed E-state index contributed by atoms with van der Waals surface area (Å²) in [5, 5.41) is 14.7. The molecule has 90 valence electrons. The van der Waals surface area contributed by atoms with Gasteiger partial charge in [0.1, 0.15) is 0 Å². The van der Waals surface area contributed by atoms with Gasteiger partial charge in [-0.25, -0.2) is 0 Å². The zero-order valence-electron chi connectivity index (χ0n) is 9.69. The van der Waals surface area contributed by atoms with Crippen LogP contribution in [0.15, 0.2) is 0 Å². The maximum absolute atomic E-state index is 8.88. The number of nitrogens with zero attached hydrogens (tertiary/aromatic N) is 3. The number of ether oxygens (including phenoxy) is 1. The molecule has 1 atom stereocenters. The molecule has 1 heterocycles. The van der Waals surface area contributed by atoms with E-state index >= 15 is 0 Å². The third-order valence-electron chi connectivity index (χ3n) is 1.94. The van der Waals surface area contributed by atoms with E-state index in [4.69, 9.17) is 9.84 Å². The minimum absolute atomic E-state index is 0.119. The van der Waals surface area contributed by atoms with Gasteiger partial charge in [0.2, 0.25) is 11.9 Å². The molecule has 1 rings (SSSR count). The first kappa shape index (κ1) is 12.4. The van der Waals surface area contributed by atoms with Gasteiger partial charge in [-0.15, -0.1) is 0 Å². The van der Waals surface area contributed by atoms with Gasteiger partial charge in [0.05, 0.1) is 7.11 Å². The topological polar surface area (TPSA) is 92.2 Å². The number of methoxy groups -OCH3 is 1. The normalized spacial score (nSPS) is 12.0. The van der Waals surface area contributed by atoms with Gasteiger partial charge in [0.25, 0.3) is 0 Å². The lowest BCUT2D eigenvalue weighted by atomic mass is 10.2. The van der Waals surface area contributed by atoms with E-state index < -0.39 is 0 Å². The van der Waals surface area contributed by atoms with Crippen molar-refractivity contribution < 1.29 is 9.84 Å². The maximum Gasteiger partial charge on any atom is 0.322 e. The Morgan fingerprint density at radius 2 is 2.00 bits per heavy atom. The molecule has 0 aliphatic carbocycles. The number of aliphatic hydroxyl groups is 1. The molecule has 0 saturated heterocycles. The van der Waals surface area contributed by atoms with E-state index in [-0.39, 0.29) is 18.5 Å². The number of aliphatic hydroxyl groups excluding tert-OH is 1. The number of rotatable bonds is 6. The van der Waals surface area contributed by atoms with Crippen molar-refractivity contribution in [3.63, 3.8) is 0 Å². The molecule has 1 unspecified atom stereocenters. The van der Waals surface area contributed by atoms with Crippen molar-refractivity contribution in [3.8, 4) is 6.01 Å². The Bertz CT molecular complexity index is 311. The van der Waals surface area contributed by atoms with Crippen molar-refractivity contribution in [2.24, 2.45) is 5.92 Å². The first-order valence-corrected chi connectivity index (χ1v) is 5.02. The second-order valence-electron chi connectivity index (χ2n) is 3.39. The highest BCUT2D eigenvalue weighted by molar-refractivity contribution is 5.35. The minimum Gasteiger partial charge on any atom is -0.467 e. The summed E-state index contributed by atoms with van der Waals surface area (Å²) in [6.07, 6.45) is 0. The van der Waals surface area contributed by atoms with Crippen molar-refractivity contribution in [2.45, 2.75) is 6.92 Å². The second kappa shape index (κ2) is 6.06. The standard InChI is InChI=1S/C9H17N5O2/c1-6(5-15)4-11-8-12-7(10-2)13-9(14-8)16-3/h6,15H,4-5H2,1-3H3,(H2,10,11,12,13,14). The van der Waals surface area contributed by atoms with Crippen molar-refractivity contribution in [1.82, 2.24) is 15.0 Å². The Kier molecular flexibility index (Phi) is 4.71. The van der Waals surface area contributed by atoms with Crippen LogP contribution in [0.5, 0.6) is 6.01 Å². The summed E-state index contributed by atoms with van der Waals surface area (Å²) in [5.41, 5.74) is 0. The number of aromatic nitrogens is 3. The highest BCUT2D eigenvalue weighted by atomic mass is 16.5. The van der Waals surface area contributed by atoms with Crippen LogP contribution in [-0.2, 0) is 0 Å². The fourth-order valence-corrected chi connectivity index (χ4v) is 0.969. The van der Waals surface area contributed by atoms with E-state index in [1.54, 1.807) is 7.05 Å². The molecule has 3 N–H and O–H groups in total. The van der Waals surface area contributed by atoms with Gasteiger partial charge in [0, 0.05) is 20.2 Å². The summed E-state index contributed by atoms with van der Waals surface area (Å²) in [5.74, 6) is 1.00. The van der Waals surface area contributed by atoms with Crippen LogP contribution in [0.3, 0.4) is 0 Å². The van der Waals surface area contributed by atoms with Gasteiger partial charge in [-0.1, -0.05) is 6.92 Å². The first-order chi connectivity index (χ1) is 7.69. The quantitative estimate of drug-likeness (QED) is 0.628. The number of nitrogens with one attached hydrogen (secondary N) is 2. The van der Waals surface area contributed by atoms with Crippen LogP contribution in [-0.4, -0.2) is 47.4 Å². The molecule has 16 heavy (non-hydrogen) atoms. The highest BCUT2D eigenvalue weighted by Gasteiger charge is 2.06.